The summed E-state index contributed by atoms with van der Waals surface area (Å²) in [6.07, 6.45) is -10.8. The topological polar surface area (TPSA) is 66.8 Å². The normalized spacial score (nSPS) is 17.7. The molecule has 1 N–H and O–H groups in total. The molecule has 5 nitrogen and oxygen atoms in total. The highest BCUT2D eigenvalue weighted by atomic mass is 35.5. The van der Waals surface area contributed by atoms with Crippen molar-refractivity contribution >= 4 is 35.2 Å². The van der Waals surface area contributed by atoms with Gasteiger partial charge in [0.2, 0.25) is 0 Å². The van der Waals surface area contributed by atoms with Gasteiger partial charge in [-0.3, -0.25) is 4.79 Å². The van der Waals surface area contributed by atoms with E-state index in [-0.39, 0.29) is 58.5 Å². The number of nitrogens with zero attached hydrogens (tertiary/aromatic N) is 1. The van der Waals surface area contributed by atoms with Crippen LogP contribution in [0.15, 0.2) is 56.4 Å². The number of halogens is 8. The second kappa shape index (κ2) is 13.9. The van der Waals surface area contributed by atoms with Crippen LogP contribution in [0.4, 0.5) is 30.7 Å². The number of rotatable bonds is 9. The number of alkyl halides is 7. The largest absolute Gasteiger partial charge is 0.462 e. The Kier molecular flexibility index (Phi) is 12.4. The van der Waals surface area contributed by atoms with E-state index in [1.54, 1.807) is 0 Å². The number of ether oxygens (including phenoxy) is 1. The van der Waals surface area contributed by atoms with Gasteiger partial charge in [-0.05, 0) is 46.1 Å². The molecule has 1 amide bonds. The Hall–Kier alpha value is -2.25. The molecular weight excluding hydrogens is 579 g/mol. The number of amides is 1. The van der Waals surface area contributed by atoms with Crippen LogP contribution in [0, 0.1) is 0 Å². The molecule has 14 heteroatoms. The quantitative estimate of drug-likeness (QED) is 0.134. The van der Waals surface area contributed by atoms with Gasteiger partial charge in [0.25, 0.3) is 11.5 Å². The molecule has 0 saturated carbocycles. The molecule has 0 radical (unpaired) electrons. The fraction of sp³-hybridized carbons (Fsp3) is 0.520. The molecule has 0 spiro atoms. The van der Waals surface area contributed by atoms with Crippen LogP contribution in [0.25, 0.3) is 0 Å². The van der Waals surface area contributed by atoms with Crippen molar-refractivity contribution in [3.63, 3.8) is 0 Å². The Balaban J connectivity index is 3.83. The predicted molar refractivity (Wildman–Crippen MR) is 135 cm³/mol. The number of thioether (sulfide) groups is 1. The van der Waals surface area contributed by atoms with Crippen LogP contribution in [0.3, 0.4) is 0 Å². The summed E-state index contributed by atoms with van der Waals surface area (Å²) in [5, 5.41) is 9.49. The zero-order valence-corrected chi connectivity index (χ0v) is 23.2. The first-order chi connectivity index (χ1) is 17.8. The van der Waals surface area contributed by atoms with Crippen LogP contribution < -0.4 is 0 Å². The zero-order valence-electron chi connectivity index (χ0n) is 21.6. The fourth-order valence-electron chi connectivity index (χ4n) is 3.45. The van der Waals surface area contributed by atoms with Gasteiger partial charge in [0.05, 0.1) is 11.5 Å². The standard InChI is InChI=1S/C25H29ClF7NO4S/c1-6-19(26)18(9-8-14(3)23(37,24(28,29)30)25(31,32)33)20(39-16(5)22(36)38-7-2)15(4)21(35)34-12-10-17(27)11-13-34/h6,8-9,17,37H,5,7,10-13H2,1-4H3/b14-8+,18-9+,19-6-,20-15?. The number of carbonyl (C=O) groups excluding carboxylic acids is 2. The van der Waals surface area contributed by atoms with Crippen molar-refractivity contribution in [2.75, 3.05) is 19.7 Å². The number of allylic oxidation sites excluding steroid dienone is 5. The van der Waals surface area contributed by atoms with Crippen molar-refractivity contribution in [2.45, 2.75) is 64.7 Å². The van der Waals surface area contributed by atoms with E-state index in [4.69, 9.17) is 16.3 Å². The van der Waals surface area contributed by atoms with Crippen LogP contribution >= 0.6 is 23.4 Å². The molecule has 1 saturated heterocycles. The molecule has 0 unspecified atom stereocenters. The molecule has 220 valence electrons. The molecule has 0 bridgehead atoms. The lowest BCUT2D eigenvalue weighted by molar-refractivity contribution is -0.352. The van der Waals surface area contributed by atoms with Crippen LogP contribution in [-0.4, -0.2) is 65.7 Å². The molecule has 1 aliphatic rings. The number of likely N-dealkylation sites (tertiary alicyclic amines) is 1. The second-order valence-corrected chi connectivity index (χ2v) is 9.95. The minimum atomic E-state index is -6.11. The van der Waals surface area contributed by atoms with Crippen molar-refractivity contribution in [3.05, 3.63) is 56.4 Å². The summed E-state index contributed by atoms with van der Waals surface area (Å²) in [4.78, 5) is 26.4. The third-order valence-corrected chi connectivity index (χ3v) is 7.31. The zero-order chi connectivity index (χ0) is 30.3. The van der Waals surface area contributed by atoms with Crippen molar-refractivity contribution in [1.82, 2.24) is 4.90 Å². The first-order valence-electron chi connectivity index (χ1n) is 11.6. The Labute approximate surface area is 231 Å². The number of hydrogen-bond acceptors (Lipinski definition) is 5. The molecule has 1 rings (SSSR count). The van der Waals surface area contributed by atoms with Crippen molar-refractivity contribution in [2.24, 2.45) is 0 Å². The first-order valence-corrected chi connectivity index (χ1v) is 12.8. The fourth-order valence-corrected chi connectivity index (χ4v) is 4.58. The monoisotopic (exact) mass is 607 g/mol. The molecule has 39 heavy (non-hydrogen) atoms. The summed E-state index contributed by atoms with van der Waals surface area (Å²) in [6, 6.07) is 0. The Morgan fingerprint density at radius 2 is 1.62 bits per heavy atom. The predicted octanol–water partition coefficient (Wildman–Crippen LogP) is 6.90. The second-order valence-electron chi connectivity index (χ2n) is 8.44. The van der Waals surface area contributed by atoms with Gasteiger partial charge in [-0.1, -0.05) is 48.2 Å². The summed E-state index contributed by atoms with van der Waals surface area (Å²) in [6.45, 7) is 8.37. The molecule has 1 heterocycles. The van der Waals surface area contributed by atoms with E-state index in [0.29, 0.717) is 24.8 Å². The van der Waals surface area contributed by atoms with Crippen molar-refractivity contribution in [3.8, 4) is 0 Å². The number of carbonyl (C=O) groups is 2. The van der Waals surface area contributed by atoms with Gasteiger partial charge in [0.1, 0.15) is 6.17 Å². The average molecular weight is 608 g/mol. The SMILES string of the molecule is C=C(SC(=C(C)C(=O)N1CCC(F)CC1)C(=C/C=C(\C)C(O)(C(F)(F)F)C(F)(F)F)/C(Cl)=C/C)C(=O)OCC. The third kappa shape index (κ3) is 8.37. The van der Waals surface area contributed by atoms with Crippen LogP contribution in [-0.2, 0) is 14.3 Å². The number of hydrogen-bond donors (Lipinski definition) is 1. The van der Waals surface area contributed by atoms with E-state index in [1.807, 2.05) is 0 Å². The molecule has 0 aliphatic carbocycles. The van der Waals surface area contributed by atoms with Gasteiger partial charge < -0.3 is 14.7 Å². The molecule has 0 aromatic heterocycles. The number of aliphatic hydroxyl groups is 1. The minimum Gasteiger partial charge on any atom is -0.462 e. The van der Waals surface area contributed by atoms with Gasteiger partial charge in [-0.15, -0.1) is 0 Å². The van der Waals surface area contributed by atoms with Gasteiger partial charge >= 0.3 is 18.3 Å². The summed E-state index contributed by atoms with van der Waals surface area (Å²) >= 11 is 6.85. The van der Waals surface area contributed by atoms with Crippen LogP contribution in [0.2, 0.25) is 0 Å². The molecule has 1 aliphatic heterocycles. The minimum absolute atomic E-state index is 0.0265. The third-order valence-electron chi connectivity index (χ3n) is 5.75. The van der Waals surface area contributed by atoms with E-state index < -0.39 is 41.6 Å². The maximum absolute atomic E-state index is 13.6. The van der Waals surface area contributed by atoms with Crippen LogP contribution in [0.5, 0.6) is 0 Å². The molecule has 0 atom stereocenters. The van der Waals surface area contributed by atoms with Gasteiger partial charge in [-0.25, -0.2) is 9.18 Å². The maximum Gasteiger partial charge on any atom is 0.430 e. The lowest BCUT2D eigenvalue weighted by atomic mass is 9.92. The van der Waals surface area contributed by atoms with Crippen molar-refractivity contribution in [1.29, 1.82) is 0 Å². The summed E-state index contributed by atoms with van der Waals surface area (Å²) in [5.41, 5.74) is -7.01. The molecule has 0 aromatic rings. The van der Waals surface area contributed by atoms with Crippen molar-refractivity contribution < 1.29 is 50.2 Å². The Bertz CT molecular complexity index is 1060. The Morgan fingerprint density at radius 3 is 2.05 bits per heavy atom. The summed E-state index contributed by atoms with van der Waals surface area (Å²) < 4.78 is 98.5. The van der Waals surface area contributed by atoms with E-state index in [2.05, 4.69) is 6.58 Å². The molecule has 0 aromatic carbocycles. The van der Waals surface area contributed by atoms with E-state index in [9.17, 15) is 45.4 Å². The maximum atomic E-state index is 13.6. The van der Waals surface area contributed by atoms with E-state index in [1.165, 1.54) is 31.7 Å². The Morgan fingerprint density at radius 1 is 1.10 bits per heavy atom. The van der Waals surface area contributed by atoms with Gasteiger partial charge in [0.15, 0.2) is 0 Å². The molecular formula is C25H29ClF7NO4S. The molecule has 1 fully saturated rings. The number of piperidine rings is 1. The summed E-state index contributed by atoms with van der Waals surface area (Å²) in [7, 11) is 0. The lowest BCUT2D eigenvalue weighted by Gasteiger charge is -2.33. The highest BCUT2D eigenvalue weighted by molar-refractivity contribution is 8.07. The van der Waals surface area contributed by atoms with E-state index >= 15 is 0 Å². The smallest absolute Gasteiger partial charge is 0.430 e. The van der Waals surface area contributed by atoms with E-state index in [0.717, 1.165) is 6.08 Å². The van der Waals surface area contributed by atoms with Gasteiger partial charge in [-0.2, -0.15) is 26.3 Å². The average Bonchev–Trinajstić information content (AvgIpc) is 2.85. The van der Waals surface area contributed by atoms with Gasteiger partial charge in [0, 0.05) is 34.2 Å². The highest BCUT2D eigenvalue weighted by Crippen LogP contribution is 2.48. The number of esters is 1. The highest BCUT2D eigenvalue weighted by Gasteiger charge is 2.71. The first kappa shape index (κ1) is 34.8. The van der Waals surface area contributed by atoms with Crippen LogP contribution in [0.1, 0.15) is 40.5 Å². The lowest BCUT2D eigenvalue weighted by Crippen LogP contribution is -2.57. The summed E-state index contributed by atoms with van der Waals surface area (Å²) in [5.74, 6) is -1.50.